The number of halogens is 1. The summed E-state index contributed by atoms with van der Waals surface area (Å²) in [4.78, 5) is 75.2. The number of cyclic esters (lactones) is 1. The monoisotopic (exact) mass is 924 g/mol. The van der Waals surface area contributed by atoms with Gasteiger partial charge in [0.1, 0.15) is 35.4 Å². The number of primary amides is 1. The number of aromatic hydroxyl groups is 2. The zero-order chi connectivity index (χ0) is 48.3. The lowest BCUT2D eigenvalue weighted by molar-refractivity contribution is -0.120. The molecule has 2 amide bonds. The molecule has 0 aromatic heterocycles. The second-order valence-electron chi connectivity index (χ2n) is 16.1. The minimum absolute atomic E-state index is 0.0348. The van der Waals surface area contributed by atoms with Crippen LogP contribution in [0.1, 0.15) is 69.8 Å². The second kappa shape index (κ2) is 23.4. The summed E-state index contributed by atoms with van der Waals surface area (Å²) < 4.78 is 32.5. The molecule has 1 aromatic carbocycles. The molecule has 1 aliphatic carbocycles. The smallest absolute Gasteiger partial charge is 0.405 e. The third-order valence-corrected chi connectivity index (χ3v) is 11.4. The number of phenols is 2. The Bertz CT molecular complexity index is 2240. The minimum atomic E-state index is -1.00. The van der Waals surface area contributed by atoms with E-state index < -0.39 is 77.5 Å². The summed E-state index contributed by atoms with van der Waals surface area (Å²) >= 11 is 6.05. The number of methoxy groups -OCH3 is 3. The maximum atomic E-state index is 13.3. The van der Waals surface area contributed by atoms with E-state index in [-0.39, 0.29) is 75.5 Å². The normalized spacial score (nSPS) is 31.3. The molecule has 3 aliphatic heterocycles. The van der Waals surface area contributed by atoms with Crippen LogP contribution in [0.4, 0.5) is 4.79 Å². The van der Waals surface area contributed by atoms with Crippen LogP contribution in [0.25, 0.3) is 0 Å². The first-order chi connectivity index (χ1) is 30.7. The summed E-state index contributed by atoms with van der Waals surface area (Å²) in [6.07, 6.45) is 9.74. The Hall–Kier alpha value is -5.85. The lowest BCUT2D eigenvalue weighted by Crippen LogP contribution is -2.37. The van der Waals surface area contributed by atoms with E-state index in [9.17, 15) is 44.1 Å². The molecule has 0 saturated carbocycles. The van der Waals surface area contributed by atoms with Crippen molar-refractivity contribution in [3.8, 4) is 11.5 Å². The summed E-state index contributed by atoms with van der Waals surface area (Å²) in [6, 6.07) is 0.958. The van der Waals surface area contributed by atoms with Gasteiger partial charge in [-0.1, -0.05) is 68.0 Å². The number of carbonyl (C=O) groups excluding carboxylic acids is 6. The molecule has 1 fully saturated rings. The Kier molecular flexibility index (Phi) is 18.6. The fraction of sp³-hybridized carbons (Fsp3) is 0.447. The summed E-state index contributed by atoms with van der Waals surface area (Å²) in [5.74, 6) is -4.43. The quantitative estimate of drug-likeness (QED) is 0.114. The van der Waals surface area contributed by atoms with E-state index in [0.717, 1.165) is 12.1 Å². The highest BCUT2D eigenvalue weighted by Gasteiger charge is 2.39. The highest BCUT2D eigenvalue weighted by atomic mass is 35.5. The third-order valence-electron chi connectivity index (χ3n) is 11.0. The van der Waals surface area contributed by atoms with Crippen LogP contribution >= 0.6 is 11.6 Å². The van der Waals surface area contributed by atoms with Crippen LogP contribution in [0.15, 0.2) is 88.9 Å². The van der Waals surface area contributed by atoms with Crippen LogP contribution in [-0.4, -0.2) is 115 Å². The van der Waals surface area contributed by atoms with E-state index in [1.807, 2.05) is 13.0 Å². The number of aliphatic hydroxyl groups is 1. The van der Waals surface area contributed by atoms with Crippen molar-refractivity contribution in [2.45, 2.75) is 103 Å². The molecule has 0 spiro atoms. The van der Waals surface area contributed by atoms with Crippen LogP contribution in [-0.2, 0) is 54.0 Å². The van der Waals surface area contributed by atoms with Crippen molar-refractivity contribution in [1.82, 2.24) is 5.32 Å². The number of epoxide rings is 1. The molecule has 1 aromatic rings. The van der Waals surface area contributed by atoms with Crippen molar-refractivity contribution in [1.29, 1.82) is 0 Å². The maximum Gasteiger partial charge on any atom is 0.405 e. The average molecular weight is 925 g/mol. The highest BCUT2D eigenvalue weighted by Crippen LogP contribution is 2.38. The van der Waals surface area contributed by atoms with Crippen LogP contribution in [0.2, 0.25) is 5.02 Å². The first-order valence-electron chi connectivity index (χ1n) is 20.8. The Labute approximate surface area is 382 Å². The topological polar surface area (TPSA) is 260 Å². The number of amides is 2. The minimum Gasteiger partial charge on any atom is -0.507 e. The standard InChI is InChI=1S/C29H40N2O9.C18H17ClO6/c1-15-11-19-25(34)20(14-21(32)27(19)39-7)31-28(35)16(2)9-8-10-22(37-5)26(40-29(30)36)18(4)13-17(3)24(33)23(12-15)38-6;1-9-6-15-14(25-15)5-3-2-4-10(20)7-11-16(18(23)24-9)12(21)8-13(22)17(11)19/h8-10,13-15,17,22-24,26,33H,11-12H2,1-7H3,(H2,30,36)(H,31,35);2-5,8-9,14-15,21-22H,6-7H2,1H3/b10-8-,16-9+,18-13+;4-2+,5-3-/t15-,17+,22+,23+,24-,26+;/m1./s1. The first kappa shape index (κ1) is 51.8. The van der Waals surface area contributed by atoms with Crippen molar-refractivity contribution < 1.29 is 72.5 Å². The molecule has 65 heavy (non-hydrogen) atoms. The number of allylic oxidation sites excluding steroid dienone is 7. The van der Waals surface area contributed by atoms with E-state index in [1.165, 1.54) is 40.4 Å². The predicted molar refractivity (Wildman–Crippen MR) is 236 cm³/mol. The van der Waals surface area contributed by atoms with Gasteiger partial charge in [0.15, 0.2) is 17.6 Å². The van der Waals surface area contributed by atoms with Gasteiger partial charge in [-0.15, -0.1) is 0 Å². The van der Waals surface area contributed by atoms with Crippen LogP contribution in [0.5, 0.6) is 11.5 Å². The number of hydrogen-bond donors (Lipinski definition) is 5. The summed E-state index contributed by atoms with van der Waals surface area (Å²) in [7, 11) is 4.21. The molecule has 0 radical (unpaired) electrons. The molecule has 17 nitrogen and oxygen atoms in total. The first-order valence-corrected chi connectivity index (χ1v) is 21.2. The van der Waals surface area contributed by atoms with Crippen molar-refractivity contribution in [2.24, 2.45) is 17.6 Å². The van der Waals surface area contributed by atoms with Gasteiger partial charge in [0.05, 0.1) is 36.1 Å². The van der Waals surface area contributed by atoms with Crippen molar-refractivity contribution in [3.05, 3.63) is 105 Å². The number of phenolic OH excluding ortho intramolecular Hbond substituents is 2. The molecule has 1 saturated heterocycles. The number of ether oxygens (including phenoxy) is 6. The van der Waals surface area contributed by atoms with Gasteiger partial charge < -0.3 is 54.8 Å². The molecular weight excluding hydrogens is 868 g/mol. The molecule has 352 valence electrons. The van der Waals surface area contributed by atoms with E-state index in [2.05, 4.69) is 5.32 Å². The van der Waals surface area contributed by atoms with E-state index in [1.54, 1.807) is 51.2 Å². The van der Waals surface area contributed by atoms with Crippen molar-refractivity contribution >= 4 is 46.9 Å². The van der Waals surface area contributed by atoms with Crippen molar-refractivity contribution in [2.75, 3.05) is 21.3 Å². The maximum absolute atomic E-state index is 13.3. The Morgan fingerprint density at radius 3 is 2.31 bits per heavy atom. The van der Waals surface area contributed by atoms with Gasteiger partial charge in [0.2, 0.25) is 11.6 Å². The zero-order valence-corrected chi connectivity index (χ0v) is 38.2. The fourth-order valence-corrected chi connectivity index (χ4v) is 7.78. The highest BCUT2D eigenvalue weighted by molar-refractivity contribution is 6.33. The molecule has 3 unspecified atom stereocenters. The summed E-state index contributed by atoms with van der Waals surface area (Å²) in [5, 5.41) is 33.4. The van der Waals surface area contributed by atoms with Gasteiger partial charge in [0, 0.05) is 61.8 Å². The molecule has 2 bridgehead atoms. The molecular formula is C47H57ClN2O15. The van der Waals surface area contributed by atoms with Gasteiger partial charge in [-0.2, -0.15) is 0 Å². The van der Waals surface area contributed by atoms with Crippen LogP contribution in [0.3, 0.4) is 0 Å². The van der Waals surface area contributed by atoms with Gasteiger partial charge in [-0.05, 0) is 51.2 Å². The molecule has 6 N–H and O–H groups in total. The average Bonchev–Trinajstić information content (AvgIpc) is 3.98. The number of rotatable bonds is 4. The molecule has 3 heterocycles. The lowest BCUT2D eigenvalue weighted by atomic mass is 9.85. The Morgan fingerprint density at radius 1 is 0.954 bits per heavy atom. The number of carbonyl (C=O) groups is 6. The van der Waals surface area contributed by atoms with Gasteiger partial charge in [-0.3, -0.25) is 19.2 Å². The summed E-state index contributed by atoms with van der Waals surface area (Å²) in [5.41, 5.74) is 5.95. The summed E-state index contributed by atoms with van der Waals surface area (Å²) in [6.45, 7) is 8.64. The number of nitrogens with one attached hydrogen (secondary N) is 1. The van der Waals surface area contributed by atoms with Gasteiger partial charge in [-0.25, -0.2) is 9.59 Å². The third kappa shape index (κ3) is 13.8. The van der Waals surface area contributed by atoms with Crippen LogP contribution < -0.4 is 11.1 Å². The predicted octanol–water partition coefficient (Wildman–Crippen LogP) is 5.10. The second-order valence-corrected chi connectivity index (χ2v) is 16.5. The number of fused-ring (bicyclic) bond motifs is 4. The molecule has 4 aliphatic rings. The van der Waals surface area contributed by atoms with E-state index in [0.29, 0.717) is 18.4 Å². The number of Topliss-reactive ketones (excluding diaryl/α,β-unsaturated/α-hetero) is 1. The SMILES string of the molecule is CC1CC2OC2/C=C\C=C\C(=O)Cc2c(Cl)c(O)cc(O)c2C(=O)O1.COC1=C2C[C@@H](C)C[C@H](OC)[C@H](O)[C@@H](C)/C=C(\C)[C@H](OC(N)=O)[C@@H](OC)/C=C\C=C(/C)C(=O)NC(=CC1=O)C2=O. The Morgan fingerprint density at radius 2 is 1.66 bits per heavy atom. The Balaban J connectivity index is 0.000000315. The number of esters is 1. The fourth-order valence-electron chi connectivity index (χ4n) is 7.56. The van der Waals surface area contributed by atoms with Crippen LogP contribution in [0, 0.1) is 11.8 Å². The van der Waals surface area contributed by atoms with E-state index >= 15 is 0 Å². The largest absolute Gasteiger partial charge is 0.507 e. The molecule has 9 atom stereocenters. The number of hydrogen-bond acceptors (Lipinski definition) is 15. The number of ketones is 3. The number of benzene rings is 1. The number of aliphatic hydroxyl groups excluding tert-OH is 1. The molecule has 18 heteroatoms. The number of nitrogens with two attached hydrogens (primary N) is 1. The van der Waals surface area contributed by atoms with Gasteiger partial charge in [0.25, 0.3) is 5.91 Å². The van der Waals surface area contributed by atoms with Crippen molar-refractivity contribution in [3.63, 3.8) is 0 Å². The van der Waals surface area contributed by atoms with Gasteiger partial charge >= 0.3 is 12.1 Å². The zero-order valence-electron chi connectivity index (χ0n) is 37.5. The van der Waals surface area contributed by atoms with E-state index in [4.69, 9.17) is 45.8 Å². The molecule has 5 rings (SSSR count). The lowest BCUT2D eigenvalue weighted by Gasteiger charge is -2.29.